The van der Waals surface area contributed by atoms with Gasteiger partial charge in [0.05, 0.1) is 5.69 Å². The van der Waals surface area contributed by atoms with E-state index in [1.807, 2.05) is 24.4 Å². The Kier molecular flexibility index (Phi) is 3.70. The summed E-state index contributed by atoms with van der Waals surface area (Å²) in [5.74, 6) is 3.12. The van der Waals surface area contributed by atoms with Crippen LogP contribution in [0.1, 0.15) is 55.2 Å². The van der Waals surface area contributed by atoms with Crippen LogP contribution in [0.15, 0.2) is 47.5 Å². The molecule has 4 aliphatic carbocycles. The molecule has 1 N–H and O–H groups in total. The third-order valence-electron chi connectivity index (χ3n) is 7.03. The van der Waals surface area contributed by atoms with Crippen LogP contribution in [0.3, 0.4) is 0 Å². The van der Waals surface area contributed by atoms with Crippen molar-refractivity contribution in [2.24, 2.45) is 22.7 Å². The molecule has 0 saturated heterocycles. The number of phenols is 1. The van der Waals surface area contributed by atoms with Gasteiger partial charge >= 0.3 is 0 Å². The summed E-state index contributed by atoms with van der Waals surface area (Å²) in [4.78, 5) is 4.60. The largest absolute Gasteiger partial charge is 0.507 e. The van der Waals surface area contributed by atoms with Crippen LogP contribution in [-0.4, -0.2) is 11.3 Å². The van der Waals surface area contributed by atoms with Gasteiger partial charge in [0, 0.05) is 11.8 Å². The molecule has 4 bridgehead atoms. The van der Waals surface area contributed by atoms with Gasteiger partial charge in [0.1, 0.15) is 5.75 Å². The SMILES string of the molecule is Cc1cccc(N=Cc2cc(C34CC5CC(CC(C5)C3)C4)ccc2O)c1. The number of aliphatic imine (C=N–C) groups is 1. The summed E-state index contributed by atoms with van der Waals surface area (Å²) < 4.78 is 0. The number of rotatable bonds is 3. The number of hydrogen-bond donors (Lipinski definition) is 1. The Morgan fingerprint density at radius 3 is 2.31 bits per heavy atom. The molecule has 6 rings (SSSR count). The number of aryl methyl sites for hydroxylation is 1. The average molecular weight is 345 g/mol. The van der Waals surface area contributed by atoms with E-state index in [4.69, 9.17) is 0 Å². The molecule has 2 aromatic carbocycles. The van der Waals surface area contributed by atoms with E-state index in [-0.39, 0.29) is 0 Å². The summed E-state index contributed by atoms with van der Waals surface area (Å²) in [7, 11) is 0. The van der Waals surface area contributed by atoms with Gasteiger partial charge in [-0.2, -0.15) is 0 Å². The van der Waals surface area contributed by atoms with Crippen LogP contribution in [0.25, 0.3) is 0 Å². The molecule has 134 valence electrons. The fourth-order valence-corrected chi connectivity index (χ4v) is 6.30. The highest BCUT2D eigenvalue weighted by atomic mass is 16.3. The minimum absolute atomic E-state index is 0.329. The van der Waals surface area contributed by atoms with Crippen molar-refractivity contribution >= 4 is 11.9 Å². The van der Waals surface area contributed by atoms with E-state index in [1.54, 1.807) is 0 Å². The Bertz CT molecular complexity index is 831. The molecule has 0 radical (unpaired) electrons. The lowest BCUT2D eigenvalue weighted by atomic mass is 9.48. The number of aromatic hydroxyl groups is 1. The maximum atomic E-state index is 10.4. The van der Waals surface area contributed by atoms with Crippen LogP contribution in [-0.2, 0) is 5.41 Å². The highest BCUT2D eigenvalue weighted by Gasteiger charge is 2.51. The molecule has 4 fully saturated rings. The average Bonchev–Trinajstić information content (AvgIpc) is 2.60. The lowest BCUT2D eigenvalue weighted by molar-refractivity contribution is -0.00520. The molecular formula is C24H27NO. The third-order valence-corrected chi connectivity index (χ3v) is 7.03. The Balaban J connectivity index is 1.47. The molecule has 4 saturated carbocycles. The van der Waals surface area contributed by atoms with Gasteiger partial charge in [-0.25, -0.2) is 0 Å². The summed E-state index contributed by atoms with van der Waals surface area (Å²) in [6.45, 7) is 2.07. The molecule has 0 atom stereocenters. The number of phenolic OH excluding ortho intramolecular Hbond substituents is 1. The van der Waals surface area contributed by atoms with Gasteiger partial charge in [-0.1, -0.05) is 18.2 Å². The van der Waals surface area contributed by atoms with Crippen molar-refractivity contribution in [2.75, 3.05) is 0 Å². The maximum absolute atomic E-state index is 10.4. The molecule has 0 aromatic heterocycles. The second kappa shape index (κ2) is 5.97. The number of hydrogen-bond acceptors (Lipinski definition) is 2. The normalized spacial score (nSPS) is 32.4. The molecular weight excluding hydrogens is 318 g/mol. The zero-order valence-corrected chi connectivity index (χ0v) is 15.5. The van der Waals surface area contributed by atoms with E-state index in [0.717, 1.165) is 29.0 Å². The van der Waals surface area contributed by atoms with Crippen molar-refractivity contribution in [3.63, 3.8) is 0 Å². The summed E-state index contributed by atoms with van der Waals surface area (Å²) in [6, 6.07) is 14.4. The predicted octanol–water partition coefficient (Wildman–Crippen LogP) is 5.92. The fourth-order valence-electron chi connectivity index (χ4n) is 6.30. The molecule has 0 aliphatic heterocycles. The highest BCUT2D eigenvalue weighted by molar-refractivity contribution is 5.85. The number of benzene rings is 2. The molecule has 0 spiro atoms. The Labute approximate surface area is 156 Å². The van der Waals surface area contributed by atoms with Crippen LogP contribution in [0.5, 0.6) is 5.75 Å². The van der Waals surface area contributed by atoms with E-state index in [1.165, 1.54) is 49.7 Å². The predicted molar refractivity (Wildman–Crippen MR) is 106 cm³/mol. The van der Waals surface area contributed by atoms with E-state index in [9.17, 15) is 5.11 Å². The molecule has 2 aromatic rings. The second-order valence-electron chi connectivity index (χ2n) is 9.07. The van der Waals surface area contributed by atoms with Crippen molar-refractivity contribution in [1.82, 2.24) is 0 Å². The third kappa shape index (κ3) is 2.76. The zero-order valence-electron chi connectivity index (χ0n) is 15.5. The first kappa shape index (κ1) is 16.1. The molecule has 4 aliphatic rings. The first-order valence-electron chi connectivity index (χ1n) is 10.0. The molecule has 0 amide bonds. The van der Waals surface area contributed by atoms with Crippen molar-refractivity contribution in [2.45, 2.75) is 50.9 Å². The van der Waals surface area contributed by atoms with E-state index < -0.39 is 0 Å². The first-order valence-corrected chi connectivity index (χ1v) is 10.0. The standard InChI is InChI=1S/C24H27NO/c1-16-3-2-4-22(7-16)25-15-20-11-21(5-6-23(20)26)24-12-17-8-18(13-24)10-19(9-17)14-24/h2-7,11,15,17-19,26H,8-10,12-14H2,1H3. The summed E-state index contributed by atoms with van der Waals surface area (Å²) in [5.41, 5.74) is 4.77. The number of nitrogens with zero attached hydrogens (tertiary/aromatic N) is 1. The Morgan fingerprint density at radius 1 is 0.962 bits per heavy atom. The van der Waals surface area contributed by atoms with Gasteiger partial charge in [-0.3, -0.25) is 4.99 Å². The van der Waals surface area contributed by atoms with Gasteiger partial charge in [0.25, 0.3) is 0 Å². The zero-order chi connectivity index (χ0) is 17.7. The van der Waals surface area contributed by atoms with Crippen LogP contribution >= 0.6 is 0 Å². The van der Waals surface area contributed by atoms with Crippen LogP contribution in [0.2, 0.25) is 0 Å². The molecule has 0 unspecified atom stereocenters. The minimum atomic E-state index is 0.329. The van der Waals surface area contributed by atoms with Gasteiger partial charge in [0.2, 0.25) is 0 Å². The highest BCUT2D eigenvalue weighted by Crippen LogP contribution is 2.60. The lowest BCUT2D eigenvalue weighted by Gasteiger charge is -2.57. The van der Waals surface area contributed by atoms with Crippen LogP contribution < -0.4 is 0 Å². The van der Waals surface area contributed by atoms with E-state index in [2.05, 4.69) is 36.2 Å². The quantitative estimate of drug-likeness (QED) is 0.688. The van der Waals surface area contributed by atoms with Gasteiger partial charge in [0.15, 0.2) is 0 Å². The first-order chi connectivity index (χ1) is 12.6. The van der Waals surface area contributed by atoms with Gasteiger partial charge in [-0.15, -0.1) is 0 Å². The fraction of sp³-hybridized carbons (Fsp3) is 0.458. The van der Waals surface area contributed by atoms with Crippen molar-refractivity contribution < 1.29 is 5.11 Å². The van der Waals surface area contributed by atoms with E-state index in [0.29, 0.717) is 11.2 Å². The van der Waals surface area contributed by atoms with Crippen LogP contribution in [0, 0.1) is 24.7 Å². The van der Waals surface area contributed by atoms with E-state index >= 15 is 0 Å². The molecule has 2 nitrogen and oxygen atoms in total. The van der Waals surface area contributed by atoms with Gasteiger partial charge in [-0.05, 0) is 104 Å². The summed E-state index contributed by atoms with van der Waals surface area (Å²) >= 11 is 0. The molecule has 2 heteroatoms. The lowest BCUT2D eigenvalue weighted by Crippen LogP contribution is -2.48. The molecule has 0 heterocycles. The van der Waals surface area contributed by atoms with Gasteiger partial charge < -0.3 is 5.11 Å². The Morgan fingerprint density at radius 2 is 1.65 bits per heavy atom. The monoisotopic (exact) mass is 345 g/mol. The van der Waals surface area contributed by atoms with Crippen molar-refractivity contribution in [1.29, 1.82) is 0 Å². The van der Waals surface area contributed by atoms with Crippen molar-refractivity contribution in [3.8, 4) is 5.75 Å². The summed E-state index contributed by atoms with van der Waals surface area (Å²) in [6.07, 6.45) is 10.2. The molecule has 26 heavy (non-hydrogen) atoms. The minimum Gasteiger partial charge on any atom is -0.507 e. The Hall–Kier alpha value is -2.09. The second-order valence-corrected chi connectivity index (χ2v) is 9.07. The van der Waals surface area contributed by atoms with Crippen molar-refractivity contribution in [3.05, 3.63) is 59.2 Å². The van der Waals surface area contributed by atoms with Crippen LogP contribution in [0.4, 0.5) is 5.69 Å². The smallest absolute Gasteiger partial charge is 0.124 e. The topological polar surface area (TPSA) is 32.6 Å². The maximum Gasteiger partial charge on any atom is 0.124 e. The summed E-state index contributed by atoms with van der Waals surface area (Å²) in [5, 5.41) is 10.4.